The first kappa shape index (κ1) is 17.7. The monoisotopic (exact) mass is 408 g/mol. The van der Waals surface area contributed by atoms with Crippen LogP contribution in [0.3, 0.4) is 0 Å². The maximum Gasteiger partial charge on any atom is 0.191 e. The van der Waals surface area contributed by atoms with Gasteiger partial charge in [-0.15, -0.1) is 24.0 Å². The van der Waals surface area contributed by atoms with Gasteiger partial charge in [0.05, 0.1) is 0 Å². The minimum Gasteiger partial charge on any atom is -0.357 e. The highest BCUT2D eigenvalue weighted by Gasteiger charge is 2.13. The van der Waals surface area contributed by atoms with E-state index in [0.717, 1.165) is 25.0 Å². The number of hydrogen-bond donors (Lipinski definition) is 2. The number of thioether (sulfide) groups is 1. The summed E-state index contributed by atoms with van der Waals surface area (Å²) in [5, 5.41) is 6.80. The van der Waals surface area contributed by atoms with Gasteiger partial charge < -0.3 is 15.2 Å². The van der Waals surface area contributed by atoms with Crippen molar-refractivity contribution in [1.29, 1.82) is 0 Å². The number of aryl methyl sites for hydroxylation is 1. The number of rotatable bonds is 4. The van der Waals surface area contributed by atoms with Crippen LogP contribution in [0.25, 0.3) is 0 Å². The summed E-state index contributed by atoms with van der Waals surface area (Å²) in [7, 11) is 3.87. The summed E-state index contributed by atoms with van der Waals surface area (Å²) in [5.74, 6) is 4.32. The van der Waals surface area contributed by atoms with Crippen molar-refractivity contribution in [2.75, 3.05) is 25.1 Å². The van der Waals surface area contributed by atoms with E-state index < -0.39 is 0 Å². The predicted octanol–water partition coefficient (Wildman–Crippen LogP) is 2.45. The Kier molecular flexibility index (Phi) is 8.44. The Morgan fingerprint density at radius 1 is 1.40 bits per heavy atom. The van der Waals surface area contributed by atoms with Crippen LogP contribution < -0.4 is 10.6 Å². The quantitative estimate of drug-likeness (QED) is 0.457. The second-order valence-electron chi connectivity index (χ2n) is 5.05. The van der Waals surface area contributed by atoms with E-state index >= 15 is 0 Å². The average molecular weight is 408 g/mol. The summed E-state index contributed by atoms with van der Waals surface area (Å²) in [6, 6.07) is 2.12. The van der Waals surface area contributed by atoms with Crippen LogP contribution in [0.1, 0.15) is 18.4 Å². The van der Waals surface area contributed by atoms with Crippen molar-refractivity contribution in [1.82, 2.24) is 15.2 Å². The van der Waals surface area contributed by atoms with Gasteiger partial charge in [-0.2, -0.15) is 11.8 Å². The lowest BCUT2D eigenvalue weighted by Crippen LogP contribution is -2.39. The Hall–Kier alpha value is -0.370. The molecule has 0 spiro atoms. The van der Waals surface area contributed by atoms with Crippen LogP contribution in [0.2, 0.25) is 0 Å². The van der Waals surface area contributed by atoms with E-state index in [0.29, 0.717) is 0 Å². The molecule has 6 heteroatoms. The summed E-state index contributed by atoms with van der Waals surface area (Å²) in [4.78, 5) is 4.28. The van der Waals surface area contributed by atoms with Gasteiger partial charge in [-0.3, -0.25) is 4.99 Å². The molecule has 1 aliphatic rings. The Morgan fingerprint density at radius 3 is 2.75 bits per heavy atom. The molecule has 4 nitrogen and oxygen atoms in total. The highest BCUT2D eigenvalue weighted by Crippen LogP contribution is 2.21. The second kappa shape index (κ2) is 9.55. The molecular formula is C14H25IN4S. The van der Waals surface area contributed by atoms with E-state index in [9.17, 15) is 0 Å². The third-order valence-electron chi connectivity index (χ3n) is 3.48. The number of hydrogen-bond acceptors (Lipinski definition) is 2. The SMILES string of the molecule is CN=C(NCc1ccn(C)c1)NCC1CCSCC1.I. The van der Waals surface area contributed by atoms with Gasteiger partial charge in [0.2, 0.25) is 0 Å². The molecule has 2 rings (SSSR count). The fourth-order valence-electron chi connectivity index (χ4n) is 2.26. The Balaban J connectivity index is 0.00000200. The molecule has 0 unspecified atom stereocenters. The Morgan fingerprint density at radius 2 is 2.15 bits per heavy atom. The molecule has 2 N–H and O–H groups in total. The number of guanidine groups is 1. The normalized spacial score (nSPS) is 16.6. The minimum atomic E-state index is 0. The number of nitrogens with zero attached hydrogens (tertiary/aromatic N) is 2. The van der Waals surface area contributed by atoms with E-state index in [2.05, 4.69) is 50.4 Å². The molecule has 0 aliphatic carbocycles. The molecule has 1 fully saturated rings. The lowest BCUT2D eigenvalue weighted by atomic mass is 10.0. The van der Waals surface area contributed by atoms with Crippen LogP contribution in [0, 0.1) is 5.92 Å². The second-order valence-corrected chi connectivity index (χ2v) is 6.27. The van der Waals surface area contributed by atoms with E-state index in [1.54, 1.807) is 0 Å². The fraction of sp³-hybridized carbons (Fsp3) is 0.643. The first-order valence-electron chi connectivity index (χ1n) is 6.91. The van der Waals surface area contributed by atoms with E-state index in [-0.39, 0.29) is 24.0 Å². The third-order valence-corrected chi connectivity index (χ3v) is 4.52. The lowest BCUT2D eigenvalue weighted by molar-refractivity contribution is 0.479. The van der Waals surface area contributed by atoms with Gasteiger partial charge in [0.25, 0.3) is 0 Å². The van der Waals surface area contributed by atoms with Gasteiger partial charge in [0.1, 0.15) is 0 Å². The number of halogens is 1. The first-order valence-corrected chi connectivity index (χ1v) is 8.06. The standard InChI is InChI=1S/C14H24N4S.HI/c1-15-14(16-9-12-4-7-19-8-5-12)17-10-13-3-6-18(2)11-13;/h3,6,11-12H,4-5,7-10H2,1-2H3,(H2,15,16,17);1H. The molecular weight excluding hydrogens is 383 g/mol. The van der Waals surface area contributed by atoms with Crippen molar-refractivity contribution < 1.29 is 0 Å². The van der Waals surface area contributed by atoms with Gasteiger partial charge in [-0.1, -0.05) is 0 Å². The number of nitrogens with one attached hydrogen (secondary N) is 2. The molecule has 0 atom stereocenters. The van der Waals surface area contributed by atoms with Gasteiger partial charge in [0, 0.05) is 39.6 Å². The fourth-order valence-corrected chi connectivity index (χ4v) is 3.47. The highest BCUT2D eigenvalue weighted by atomic mass is 127. The van der Waals surface area contributed by atoms with Crippen molar-refractivity contribution >= 4 is 41.7 Å². The summed E-state index contributed by atoms with van der Waals surface area (Å²) in [6.45, 7) is 1.86. The molecule has 20 heavy (non-hydrogen) atoms. The topological polar surface area (TPSA) is 41.4 Å². The molecule has 2 heterocycles. The average Bonchev–Trinajstić information content (AvgIpc) is 2.86. The van der Waals surface area contributed by atoms with Crippen molar-refractivity contribution in [3.05, 3.63) is 24.0 Å². The largest absolute Gasteiger partial charge is 0.357 e. The minimum absolute atomic E-state index is 0. The van der Waals surface area contributed by atoms with Crippen LogP contribution in [-0.4, -0.2) is 35.6 Å². The summed E-state index contributed by atoms with van der Waals surface area (Å²) in [6.07, 6.45) is 6.84. The van der Waals surface area contributed by atoms with Crippen molar-refractivity contribution in [3.8, 4) is 0 Å². The maximum atomic E-state index is 4.28. The van der Waals surface area contributed by atoms with E-state index in [1.807, 2.05) is 14.1 Å². The molecule has 0 bridgehead atoms. The predicted molar refractivity (Wildman–Crippen MR) is 99.1 cm³/mol. The molecule has 1 aromatic heterocycles. The highest BCUT2D eigenvalue weighted by molar-refractivity contribution is 14.0. The summed E-state index contributed by atoms with van der Waals surface area (Å²) < 4.78 is 2.06. The number of aliphatic imine (C=N–C) groups is 1. The molecule has 0 amide bonds. The summed E-state index contributed by atoms with van der Waals surface area (Å²) in [5.41, 5.74) is 1.28. The zero-order chi connectivity index (χ0) is 13.5. The van der Waals surface area contributed by atoms with Crippen LogP contribution in [0.15, 0.2) is 23.5 Å². The lowest BCUT2D eigenvalue weighted by Gasteiger charge is -2.22. The third kappa shape index (κ3) is 5.95. The van der Waals surface area contributed by atoms with Gasteiger partial charge in [-0.05, 0) is 41.9 Å². The van der Waals surface area contributed by atoms with Crippen LogP contribution in [0.4, 0.5) is 0 Å². The zero-order valence-electron chi connectivity index (χ0n) is 12.3. The van der Waals surface area contributed by atoms with Crippen LogP contribution >= 0.6 is 35.7 Å². The van der Waals surface area contributed by atoms with Gasteiger partial charge in [0.15, 0.2) is 5.96 Å². The molecule has 114 valence electrons. The van der Waals surface area contributed by atoms with Gasteiger partial charge in [-0.25, -0.2) is 0 Å². The van der Waals surface area contributed by atoms with Crippen molar-refractivity contribution in [3.63, 3.8) is 0 Å². The van der Waals surface area contributed by atoms with E-state index in [4.69, 9.17) is 0 Å². The van der Waals surface area contributed by atoms with Crippen molar-refractivity contribution in [2.45, 2.75) is 19.4 Å². The molecule has 0 aromatic carbocycles. The van der Waals surface area contributed by atoms with E-state index in [1.165, 1.54) is 29.9 Å². The zero-order valence-corrected chi connectivity index (χ0v) is 15.4. The molecule has 1 aromatic rings. The smallest absolute Gasteiger partial charge is 0.191 e. The Bertz CT molecular complexity index is 413. The summed E-state index contributed by atoms with van der Waals surface area (Å²) >= 11 is 2.07. The number of aromatic nitrogens is 1. The molecule has 1 saturated heterocycles. The maximum absolute atomic E-state index is 4.28. The molecule has 0 saturated carbocycles. The molecule has 0 radical (unpaired) electrons. The van der Waals surface area contributed by atoms with Crippen LogP contribution in [-0.2, 0) is 13.6 Å². The van der Waals surface area contributed by atoms with Gasteiger partial charge >= 0.3 is 0 Å². The molecule has 1 aliphatic heterocycles. The van der Waals surface area contributed by atoms with Crippen LogP contribution in [0.5, 0.6) is 0 Å². The Labute approximate surface area is 143 Å². The first-order chi connectivity index (χ1) is 9.28. The van der Waals surface area contributed by atoms with Crippen molar-refractivity contribution in [2.24, 2.45) is 18.0 Å².